The molecular formula is C15H29N. The molecule has 0 heterocycles. The lowest BCUT2D eigenvalue weighted by Gasteiger charge is -2.26. The third kappa shape index (κ3) is 5.16. The summed E-state index contributed by atoms with van der Waals surface area (Å²) in [4.78, 5) is 0. The molecule has 94 valence electrons. The molecule has 0 aromatic rings. The molecule has 1 fully saturated rings. The van der Waals surface area contributed by atoms with Gasteiger partial charge in [0.05, 0.1) is 0 Å². The Kier molecular flexibility index (Phi) is 6.79. The van der Waals surface area contributed by atoms with Gasteiger partial charge in [-0.15, -0.1) is 6.58 Å². The molecule has 0 amide bonds. The second-order valence-electron chi connectivity index (χ2n) is 5.59. The van der Waals surface area contributed by atoms with Gasteiger partial charge in [0.2, 0.25) is 0 Å². The maximum absolute atomic E-state index is 3.85. The van der Waals surface area contributed by atoms with Crippen molar-refractivity contribution in [2.45, 2.75) is 64.8 Å². The summed E-state index contributed by atoms with van der Waals surface area (Å²) in [5.74, 6) is 1.84. The summed E-state index contributed by atoms with van der Waals surface area (Å²) in [6, 6.07) is 0.628. The van der Waals surface area contributed by atoms with Crippen molar-refractivity contribution in [3.8, 4) is 0 Å². The fraction of sp³-hybridized carbons (Fsp3) is 0.867. The summed E-state index contributed by atoms with van der Waals surface area (Å²) in [5.41, 5.74) is 0. The van der Waals surface area contributed by atoms with Crippen LogP contribution in [0.1, 0.15) is 58.8 Å². The average Bonchev–Trinajstić information content (AvgIpc) is 2.48. The van der Waals surface area contributed by atoms with Crippen molar-refractivity contribution >= 4 is 0 Å². The van der Waals surface area contributed by atoms with Gasteiger partial charge in [-0.05, 0) is 37.6 Å². The van der Waals surface area contributed by atoms with E-state index in [0.717, 1.165) is 11.8 Å². The number of rotatable bonds is 6. The first-order valence-corrected chi connectivity index (χ1v) is 7.08. The molecule has 1 nitrogen and oxygen atoms in total. The first-order chi connectivity index (χ1) is 7.74. The van der Waals surface area contributed by atoms with Gasteiger partial charge < -0.3 is 5.32 Å². The molecule has 2 unspecified atom stereocenters. The molecule has 1 saturated carbocycles. The summed E-state index contributed by atoms with van der Waals surface area (Å²) < 4.78 is 0. The van der Waals surface area contributed by atoms with Gasteiger partial charge in [-0.25, -0.2) is 0 Å². The lowest BCUT2D eigenvalue weighted by molar-refractivity contribution is 0.279. The van der Waals surface area contributed by atoms with E-state index >= 15 is 0 Å². The molecule has 2 atom stereocenters. The van der Waals surface area contributed by atoms with Gasteiger partial charge in [-0.1, -0.05) is 45.6 Å². The monoisotopic (exact) mass is 223 g/mol. The van der Waals surface area contributed by atoms with Gasteiger partial charge in [-0.2, -0.15) is 0 Å². The number of nitrogens with one attached hydrogen (secondary N) is 1. The van der Waals surface area contributed by atoms with Crippen LogP contribution in [0.25, 0.3) is 0 Å². The zero-order valence-electron chi connectivity index (χ0n) is 11.2. The minimum atomic E-state index is 0.628. The molecule has 1 aliphatic carbocycles. The quantitative estimate of drug-likeness (QED) is 0.527. The molecule has 1 N–H and O–H groups in total. The molecule has 1 aliphatic rings. The minimum absolute atomic E-state index is 0.628. The van der Waals surface area contributed by atoms with Crippen LogP contribution in [0.3, 0.4) is 0 Å². The highest BCUT2D eigenvalue weighted by Gasteiger charge is 2.22. The van der Waals surface area contributed by atoms with Crippen molar-refractivity contribution in [2.75, 3.05) is 6.54 Å². The van der Waals surface area contributed by atoms with Gasteiger partial charge in [0, 0.05) is 6.04 Å². The third-order valence-electron chi connectivity index (χ3n) is 3.85. The van der Waals surface area contributed by atoms with Crippen LogP contribution < -0.4 is 5.32 Å². The second-order valence-corrected chi connectivity index (χ2v) is 5.59. The predicted octanol–water partition coefficient (Wildman–Crippen LogP) is 4.15. The van der Waals surface area contributed by atoms with E-state index in [4.69, 9.17) is 0 Å². The van der Waals surface area contributed by atoms with E-state index < -0.39 is 0 Å². The van der Waals surface area contributed by atoms with Crippen molar-refractivity contribution < 1.29 is 0 Å². The van der Waals surface area contributed by atoms with Crippen LogP contribution in [-0.2, 0) is 0 Å². The van der Waals surface area contributed by atoms with Crippen molar-refractivity contribution in [1.29, 1.82) is 0 Å². The van der Waals surface area contributed by atoms with Crippen molar-refractivity contribution in [1.82, 2.24) is 5.32 Å². The molecule has 0 aromatic carbocycles. The second kappa shape index (κ2) is 7.89. The van der Waals surface area contributed by atoms with E-state index in [1.54, 1.807) is 0 Å². The lowest BCUT2D eigenvalue weighted by Crippen LogP contribution is -2.32. The zero-order chi connectivity index (χ0) is 11.8. The van der Waals surface area contributed by atoms with Crippen molar-refractivity contribution in [3.05, 3.63) is 12.7 Å². The Balaban J connectivity index is 2.41. The van der Waals surface area contributed by atoms with Crippen LogP contribution in [0.5, 0.6) is 0 Å². The van der Waals surface area contributed by atoms with E-state index in [0.29, 0.717) is 6.04 Å². The summed E-state index contributed by atoms with van der Waals surface area (Å²) >= 11 is 0. The van der Waals surface area contributed by atoms with E-state index in [1.807, 2.05) is 0 Å². The van der Waals surface area contributed by atoms with Gasteiger partial charge in [0.25, 0.3) is 0 Å². The van der Waals surface area contributed by atoms with Gasteiger partial charge in [0.15, 0.2) is 0 Å². The van der Waals surface area contributed by atoms with Crippen LogP contribution in [0.2, 0.25) is 0 Å². The lowest BCUT2D eigenvalue weighted by atomic mass is 9.84. The highest BCUT2D eigenvalue weighted by Crippen LogP contribution is 2.31. The van der Waals surface area contributed by atoms with Crippen LogP contribution in [0, 0.1) is 11.8 Å². The molecule has 0 spiro atoms. The molecule has 0 radical (unpaired) electrons. The van der Waals surface area contributed by atoms with Crippen LogP contribution in [0.15, 0.2) is 12.7 Å². The topological polar surface area (TPSA) is 12.0 Å². The van der Waals surface area contributed by atoms with Crippen molar-refractivity contribution in [2.24, 2.45) is 11.8 Å². The molecule has 0 aliphatic heterocycles. The summed E-state index contributed by atoms with van der Waals surface area (Å²) in [6.45, 7) is 9.56. The van der Waals surface area contributed by atoms with Crippen LogP contribution >= 0.6 is 0 Å². The Morgan fingerprint density at radius 3 is 2.50 bits per heavy atom. The Hall–Kier alpha value is -0.300. The smallest absolute Gasteiger partial charge is 0.00104 e. The fourth-order valence-corrected chi connectivity index (χ4v) is 2.83. The number of hydrogen-bond acceptors (Lipinski definition) is 1. The highest BCUT2D eigenvalue weighted by molar-refractivity contribution is 4.79. The SMILES string of the molecule is C=CCCC1CCCCCC1CNC(C)C. The normalized spacial score (nSPS) is 26.7. The van der Waals surface area contributed by atoms with E-state index in [9.17, 15) is 0 Å². The number of allylic oxidation sites excluding steroid dienone is 1. The number of hydrogen-bond donors (Lipinski definition) is 1. The first kappa shape index (κ1) is 13.8. The standard InChI is InChI=1S/C15H29N/c1-4-5-9-14-10-7-6-8-11-15(14)12-16-13(2)3/h4,13-16H,1,5-12H2,2-3H3. The Bertz CT molecular complexity index is 186. The first-order valence-electron chi connectivity index (χ1n) is 7.08. The zero-order valence-corrected chi connectivity index (χ0v) is 11.2. The minimum Gasteiger partial charge on any atom is -0.314 e. The molecule has 1 rings (SSSR count). The maximum atomic E-state index is 3.85. The molecular weight excluding hydrogens is 194 g/mol. The van der Waals surface area contributed by atoms with Gasteiger partial charge in [-0.3, -0.25) is 0 Å². The molecule has 1 heteroatoms. The Labute approximate surface area is 102 Å². The van der Waals surface area contributed by atoms with E-state index in [2.05, 4.69) is 31.8 Å². The van der Waals surface area contributed by atoms with Crippen LogP contribution in [0.4, 0.5) is 0 Å². The van der Waals surface area contributed by atoms with E-state index in [1.165, 1.54) is 51.5 Å². The van der Waals surface area contributed by atoms with Gasteiger partial charge in [0.1, 0.15) is 0 Å². The maximum Gasteiger partial charge on any atom is 0.00104 e. The average molecular weight is 223 g/mol. The molecule has 0 aromatic heterocycles. The summed E-state index contributed by atoms with van der Waals surface area (Å²) in [6.07, 6.45) is 11.8. The van der Waals surface area contributed by atoms with Gasteiger partial charge >= 0.3 is 0 Å². The Morgan fingerprint density at radius 2 is 1.88 bits per heavy atom. The Morgan fingerprint density at radius 1 is 1.19 bits per heavy atom. The molecule has 0 saturated heterocycles. The van der Waals surface area contributed by atoms with Crippen LogP contribution in [-0.4, -0.2) is 12.6 Å². The van der Waals surface area contributed by atoms with E-state index in [-0.39, 0.29) is 0 Å². The molecule has 16 heavy (non-hydrogen) atoms. The molecule has 0 bridgehead atoms. The fourth-order valence-electron chi connectivity index (χ4n) is 2.83. The summed E-state index contributed by atoms with van der Waals surface area (Å²) in [5, 5.41) is 3.62. The predicted molar refractivity (Wildman–Crippen MR) is 72.6 cm³/mol. The highest BCUT2D eigenvalue weighted by atomic mass is 14.9. The van der Waals surface area contributed by atoms with Crippen molar-refractivity contribution in [3.63, 3.8) is 0 Å². The summed E-state index contributed by atoms with van der Waals surface area (Å²) in [7, 11) is 0. The third-order valence-corrected chi connectivity index (χ3v) is 3.85. The largest absolute Gasteiger partial charge is 0.314 e.